The van der Waals surface area contributed by atoms with Gasteiger partial charge in [0, 0.05) is 26.2 Å². The third kappa shape index (κ3) is 3.92. The molecule has 152 valence electrons. The zero-order valence-corrected chi connectivity index (χ0v) is 17.6. The van der Waals surface area contributed by atoms with E-state index < -0.39 is 10.0 Å². The molecule has 3 heterocycles. The number of benzene rings is 1. The van der Waals surface area contributed by atoms with Crippen LogP contribution in [0.2, 0.25) is 0 Å². The molecule has 0 amide bonds. The van der Waals surface area contributed by atoms with Gasteiger partial charge in [-0.1, -0.05) is 32.9 Å². The van der Waals surface area contributed by atoms with E-state index in [9.17, 15) is 8.42 Å². The van der Waals surface area contributed by atoms with Crippen LogP contribution in [0.15, 0.2) is 47.9 Å². The molecule has 8 nitrogen and oxygen atoms in total. The number of fused-ring (bicyclic) bond motifs is 1. The Morgan fingerprint density at radius 1 is 0.931 bits per heavy atom. The Labute approximate surface area is 170 Å². The van der Waals surface area contributed by atoms with Crippen molar-refractivity contribution in [3.05, 3.63) is 48.5 Å². The fraction of sp³-hybridized carbons (Fsp3) is 0.400. The van der Waals surface area contributed by atoms with Crippen molar-refractivity contribution < 1.29 is 8.42 Å². The lowest BCUT2D eigenvalue weighted by Crippen LogP contribution is -2.49. The topological polar surface area (TPSA) is 92.2 Å². The molecule has 9 heteroatoms. The average Bonchev–Trinajstić information content (AvgIpc) is 2.73. The fourth-order valence-electron chi connectivity index (χ4n) is 3.34. The van der Waals surface area contributed by atoms with Crippen LogP contribution in [0.25, 0.3) is 11.2 Å². The van der Waals surface area contributed by atoms with Gasteiger partial charge >= 0.3 is 0 Å². The lowest BCUT2D eigenvalue weighted by molar-refractivity contribution is 0.384. The summed E-state index contributed by atoms with van der Waals surface area (Å²) in [6, 6.07) is 7.21. The zero-order chi connectivity index (χ0) is 20.6. The molecule has 1 aromatic carbocycles. The highest BCUT2D eigenvalue weighted by molar-refractivity contribution is 7.89. The molecule has 0 unspecified atom stereocenters. The van der Waals surface area contributed by atoms with Gasteiger partial charge in [-0.05, 0) is 23.1 Å². The number of aromatic nitrogens is 4. The lowest BCUT2D eigenvalue weighted by Gasteiger charge is -2.34. The Kier molecular flexibility index (Phi) is 4.95. The SMILES string of the molecule is CC(C)(C)c1ccc(S(=O)(=O)N2CCN(c3cnc4cncnc4n3)CC2)cc1. The summed E-state index contributed by atoms with van der Waals surface area (Å²) in [5, 5.41) is 0. The van der Waals surface area contributed by atoms with Crippen molar-refractivity contribution in [3.8, 4) is 0 Å². The number of hydrogen-bond donors (Lipinski definition) is 0. The van der Waals surface area contributed by atoms with Gasteiger partial charge in [0.2, 0.25) is 10.0 Å². The quantitative estimate of drug-likeness (QED) is 0.651. The highest BCUT2D eigenvalue weighted by Crippen LogP contribution is 2.25. The average molecular weight is 413 g/mol. The molecule has 4 rings (SSSR count). The van der Waals surface area contributed by atoms with Gasteiger partial charge in [-0.3, -0.25) is 0 Å². The van der Waals surface area contributed by atoms with Crippen LogP contribution in [0.4, 0.5) is 5.82 Å². The summed E-state index contributed by atoms with van der Waals surface area (Å²) in [6.07, 6.45) is 4.74. The number of sulfonamides is 1. The number of rotatable bonds is 3. The Hall–Kier alpha value is -2.65. The molecule has 1 aliphatic heterocycles. The second-order valence-electron chi connectivity index (χ2n) is 8.13. The first-order valence-corrected chi connectivity index (χ1v) is 11.0. The van der Waals surface area contributed by atoms with Gasteiger partial charge in [0.25, 0.3) is 0 Å². The summed E-state index contributed by atoms with van der Waals surface area (Å²) in [7, 11) is -3.51. The second kappa shape index (κ2) is 7.31. The first kappa shape index (κ1) is 19.7. The van der Waals surface area contributed by atoms with E-state index in [2.05, 4.69) is 40.7 Å². The summed E-state index contributed by atoms with van der Waals surface area (Å²) in [4.78, 5) is 19.3. The minimum absolute atomic E-state index is 0.0142. The highest BCUT2D eigenvalue weighted by Gasteiger charge is 2.29. The first-order valence-electron chi connectivity index (χ1n) is 9.53. The summed E-state index contributed by atoms with van der Waals surface area (Å²) in [5.41, 5.74) is 2.27. The summed E-state index contributed by atoms with van der Waals surface area (Å²) in [6.45, 7) is 8.21. The zero-order valence-electron chi connectivity index (χ0n) is 16.8. The number of nitrogens with zero attached hydrogens (tertiary/aromatic N) is 6. The van der Waals surface area contributed by atoms with E-state index in [4.69, 9.17) is 0 Å². The van der Waals surface area contributed by atoms with E-state index in [-0.39, 0.29) is 5.41 Å². The third-order valence-corrected chi connectivity index (χ3v) is 7.05. The normalized spacial score (nSPS) is 16.3. The predicted molar refractivity (Wildman–Crippen MR) is 111 cm³/mol. The second-order valence-corrected chi connectivity index (χ2v) is 10.1. The molecule has 29 heavy (non-hydrogen) atoms. The standard InChI is InChI=1S/C20H24N6O2S/c1-20(2,3)15-4-6-16(7-5-15)29(27,28)26-10-8-25(9-11-26)18-13-22-17-12-21-14-23-19(17)24-18/h4-7,12-14H,8-11H2,1-3H3. The van der Waals surface area contributed by atoms with Crippen molar-refractivity contribution >= 4 is 27.0 Å². The van der Waals surface area contributed by atoms with Gasteiger partial charge in [-0.15, -0.1) is 0 Å². The monoisotopic (exact) mass is 412 g/mol. The molecule has 1 saturated heterocycles. The maximum absolute atomic E-state index is 13.0. The molecular formula is C20H24N6O2S. The minimum atomic E-state index is -3.51. The molecule has 0 saturated carbocycles. The number of piperazine rings is 1. The predicted octanol–water partition coefficient (Wildman–Crippen LogP) is 2.23. The van der Waals surface area contributed by atoms with Crippen LogP contribution in [0.3, 0.4) is 0 Å². The summed E-state index contributed by atoms with van der Waals surface area (Å²) < 4.78 is 27.6. The number of hydrogen-bond acceptors (Lipinski definition) is 7. The molecule has 0 bridgehead atoms. The highest BCUT2D eigenvalue weighted by atomic mass is 32.2. The molecule has 3 aromatic rings. The van der Waals surface area contributed by atoms with Crippen molar-refractivity contribution in [2.45, 2.75) is 31.1 Å². The summed E-state index contributed by atoms with van der Waals surface area (Å²) >= 11 is 0. The first-order chi connectivity index (χ1) is 13.7. The molecular weight excluding hydrogens is 388 g/mol. The van der Waals surface area contributed by atoms with Crippen LogP contribution in [0.5, 0.6) is 0 Å². The van der Waals surface area contributed by atoms with Crippen LogP contribution >= 0.6 is 0 Å². The molecule has 0 aliphatic carbocycles. The van der Waals surface area contributed by atoms with Crippen molar-refractivity contribution in [2.24, 2.45) is 0 Å². The maximum atomic E-state index is 13.0. The van der Waals surface area contributed by atoms with E-state index >= 15 is 0 Å². The Bertz CT molecular complexity index is 1120. The van der Waals surface area contributed by atoms with Crippen LogP contribution in [0.1, 0.15) is 26.3 Å². The Morgan fingerprint density at radius 3 is 2.28 bits per heavy atom. The van der Waals surface area contributed by atoms with Crippen molar-refractivity contribution in [2.75, 3.05) is 31.1 Å². The summed E-state index contributed by atoms with van der Waals surface area (Å²) in [5.74, 6) is 0.697. The van der Waals surface area contributed by atoms with Gasteiger partial charge in [-0.2, -0.15) is 4.31 Å². The van der Waals surface area contributed by atoms with Gasteiger partial charge in [0.1, 0.15) is 17.7 Å². The van der Waals surface area contributed by atoms with Gasteiger partial charge in [-0.25, -0.2) is 28.4 Å². The largest absolute Gasteiger partial charge is 0.353 e. The fourth-order valence-corrected chi connectivity index (χ4v) is 4.77. The Morgan fingerprint density at radius 2 is 1.62 bits per heavy atom. The molecule has 0 atom stereocenters. The van der Waals surface area contributed by atoms with E-state index in [0.717, 1.165) is 5.56 Å². The van der Waals surface area contributed by atoms with Gasteiger partial charge in [0.05, 0.1) is 17.3 Å². The van der Waals surface area contributed by atoms with Crippen LogP contribution in [-0.2, 0) is 15.4 Å². The lowest BCUT2D eigenvalue weighted by atomic mass is 9.87. The van der Waals surface area contributed by atoms with Gasteiger partial charge < -0.3 is 4.90 Å². The molecule has 0 spiro atoms. The molecule has 1 aliphatic rings. The van der Waals surface area contributed by atoms with E-state index in [0.29, 0.717) is 48.1 Å². The number of anilines is 1. The van der Waals surface area contributed by atoms with E-state index in [1.54, 1.807) is 24.5 Å². The van der Waals surface area contributed by atoms with Crippen LogP contribution < -0.4 is 4.90 Å². The van der Waals surface area contributed by atoms with Crippen LogP contribution in [-0.4, -0.2) is 58.8 Å². The van der Waals surface area contributed by atoms with Gasteiger partial charge in [0.15, 0.2) is 5.65 Å². The maximum Gasteiger partial charge on any atom is 0.243 e. The molecule has 0 radical (unpaired) electrons. The van der Waals surface area contributed by atoms with E-state index in [1.165, 1.54) is 10.6 Å². The van der Waals surface area contributed by atoms with E-state index in [1.807, 2.05) is 17.0 Å². The minimum Gasteiger partial charge on any atom is -0.353 e. The smallest absolute Gasteiger partial charge is 0.243 e. The van der Waals surface area contributed by atoms with Crippen LogP contribution in [0, 0.1) is 0 Å². The molecule has 0 N–H and O–H groups in total. The Balaban J connectivity index is 1.48. The van der Waals surface area contributed by atoms with Crippen molar-refractivity contribution in [1.82, 2.24) is 24.2 Å². The third-order valence-electron chi connectivity index (χ3n) is 5.13. The molecule has 1 fully saturated rings. The van der Waals surface area contributed by atoms with Crippen molar-refractivity contribution in [3.63, 3.8) is 0 Å². The van der Waals surface area contributed by atoms with Crippen molar-refractivity contribution in [1.29, 1.82) is 0 Å². The molecule has 2 aromatic heterocycles.